The lowest BCUT2D eigenvalue weighted by Crippen LogP contribution is -2.03. The molecule has 0 fully saturated rings. The highest BCUT2D eigenvalue weighted by atomic mass is 32.2. The summed E-state index contributed by atoms with van der Waals surface area (Å²) in [5.74, 6) is -0.575. The van der Waals surface area contributed by atoms with Crippen molar-refractivity contribution >= 4 is 16.7 Å². The van der Waals surface area contributed by atoms with Crippen molar-refractivity contribution in [2.75, 3.05) is 11.0 Å². The highest BCUT2D eigenvalue weighted by molar-refractivity contribution is 7.85. The molecule has 1 aromatic carbocycles. The van der Waals surface area contributed by atoms with E-state index in [1.54, 1.807) is 6.07 Å². The van der Waals surface area contributed by atoms with Crippen LogP contribution in [0.4, 0.5) is 10.1 Å². The minimum absolute atomic E-state index is 0.139. The molecule has 0 aliphatic rings. The highest BCUT2D eigenvalue weighted by Gasteiger charge is 2.03. The molecular formula is C8H7FN2OS. The fourth-order valence-corrected chi connectivity index (χ4v) is 1.30. The fraction of sp³-hybridized carbons (Fsp3) is 0.125. The summed E-state index contributed by atoms with van der Waals surface area (Å²) in [7, 11) is -1.31. The molecule has 0 aliphatic heterocycles. The van der Waals surface area contributed by atoms with Crippen molar-refractivity contribution in [1.29, 1.82) is 5.26 Å². The Hall–Kier alpha value is -1.41. The molecule has 13 heavy (non-hydrogen) atoms. The van der Waals surface area contributed by atoms with Crippen molar-refractivity contribution in [3.05, 3.63) is 29.6 Å². The first-order valence-corrected chi connectivity index (χ1v) is 4.99. The van der Waals surface area contributed by atoms with Crippen molar-refractivity contribution in [2.24, 2.45) is 0 Å². The number of nitrogens with zero attached hydrogens (tertiary/aromatic N) is 1. The van der Waals surface area contributed by atoms with Crippen LogP contribution in [0.15, 0.2) is 18.2 Å². The zero-order valence-electron chi connectivity index (χ0n) is 6.87. The standard InChI is InChI=1S/C8H7FN2OS/c1-13(12)11-8-3-2-6(5-10)4-7(8)9/h2-4,11H,1H3. The van der Waals surface area contributed by atoms with Crippen molar-refractivity contribution in [3.8, 4) is 6.07 Å². The molecular weight excluding hydrogens is 191 g/mol. The molecule has 0 saturated carbocycles. The zero-order valence-corrected chi connectivity index (χ0v) is 7.69. The van der Waals surface area contributed by atoms with Crippen LogP contribution in [0.2, 0.25) is 0 Å². The van der Waals surface area contributed by atoms with Gasteiger partial charge in [0.2, 0.25) is 0 Å². The lowest BCUT2D eigenvalue weighted by molar-refractivity contribution is 0.631. The molecule has 0 aliphatic carbocycles. The van der Waals surface area contributed by atoms with Gasteiger partial charge >= 0.3 is 0 Å². The first kappa shape index (κ1) is 9.68. The van der Waals surface area contributed by atoms with E-state index in [2.05, 4.69) is 4.72 Å². The second-order valence-electron chi connectivity index (χ2n) is 2.36. The summed E-state index contributed by atoms with van der Waals surface area (Å²) in [5.41, 5.74) is 0.379. The summed E-state index contributed by atoms with van der Waals surface area (Å²) in [6.45, 7) is 0. The van der Waals surface area contributed by atoms with Gasteiger partial charge in [0.05, 0.1) is 17.3 Å². The Morgan fingerprint density at radius 2 is 2.31 bits per heavy atom. The summed E-state index contributed by atoms with van der Waals surface area (Å²) in [4.78, 5) is 0. The van der Waals surface area contributed by atoms with Crippen LogP contribution in [-0.2, 0) is 11.0 Å². The number of anilines is 1. The molecule has 0 heterocycles. The van der Waals surface area contributed by atoms with E-state index in [1.807, 2.05) is 0 Å². The van der Waals surface area contributed by atoms with E-state index in [0.717, 1.165) is 6.07 Å². The van der Waals surface area contributed by atoms with E-state index >= 15 is 0 Å². The Morgan fingerprint density at radius 1 is 1.62 bits per heavy atom. The van der Waals surface area contributed by atoms with Gasteiger partial charge in [-0.05, 0) is 18.2 Å². The van der Waals surface area contributed by atoms with E-state index in [0.29, 0.717) is 0 Å². The molecule has 68 valence electrons. The molecule has 1 rings (SSSR count). The number of nitrogens with one attached hydrogen (secondary N) is 1. The molecule has 1 unspecified atom stereocenters. The molecule has 1 atom stereocenters. The van der Waals surface area contributed by atoms with Gasteiger partial charge in [0.1, 0.15) is 16.8 Å². The van der Waals surface area contributed by atoms with E-state index in [1.165, 1.54) is 18.4 Å². The van der Waals surface area contributed by atoms with Crippen LogP contribution in [0.25, 0.3) is 0 Å². The van der Waals surface area contributed by atoms with Gasteiger partial charge in [-0.1, -0.05) is 0 Å². The van der Waals surface area contributed by atoms with E-state index in [4.69, 9.17) is 5.26 Å². The Balaban J connectivity index is 3.00. The summed E-state index contributed by atoms with van der Waals surface area (Å²) >= 11 is 0. The smallest absolute Gasteiger partial charge is 0.148 e. The summed E-state index contributed by atoms with van der Waals surface area (Å²) < 4.78 is 26.1. The maximum Gasteiger partial charge on any atom is 0.148 e. The summed E-state index contributed by atoms with van der Waals surface area (Å²) in [5, 5.41) is 8.44. The Bertz CT molecular complexity index is 386. The summed E-state index contributed by atoms with van der Waals surface area (Å²) in [6, 6.07) is 5.74. The molecule has 5 heteroatoms. The number of nitriles is 1. The van der Waals surface area contributed by atoms with Crippen LogP contribution < -0.4 is 4.72 Å². The van der Waals surface area contributed by atoms with Crippen LogP contribution >= 0.6 is 0 Å². The first-order chi connectivity index (χ1) is 6.13. The SMILES string of the molecule is CS(=O)Nc1ccc(C#N)cc1F. The quantitative estimate of drug-likeness (QED) is 0.781. The van der Waals surface area contributed by atoms with Crippen LogP contribution in [0.5, 0.6) is 0 Å². The average Bonchev–Trinajstić information content (AvgIpc) is 2.08. The Morgan fingerprint density at radius 3 is 2.77 bits per heavy atom. The van der Waals surface area contributed by atoms with Crippen molar-refractivity contribution in [1.82, 2.24) is 0 Å². The normalized spacial score (nSPS) is 11.8. The average molecular weight is 198 g/mol. The molecule has 3 nitrogen and oxygen atoms in total. The number of benzene rings is 1. The molecule has 1 N–H and O–H groups in total. The van der Waals surface area contributed by atoms with Gasteiger partial charge in [0.15, 0.2) is 0 Å². The van der Waals surface area contributed by atoms with Gasteiger partial charge < -0.3 is 4.72 Å². The third kappa shape index (κ3) is 2.53. The third-order valence-electron chi connectivity index (χ3n) is 1.35. The number of halogens is 1. The molecule has 0 bridgehead atoms. The van der Waals surface area contributed by atoms with Crippen LogP contribution in [-0.4, -0.2) is 10.5 Å². The molecule has 1 aromatic rings. The minimum Gasteiger partial charge on any atom is -0.303 e. The summed E-state index contributed by atoms with van der Waals surface area (Å²) in [6.07, 6.45) is 1.40. The lowest BCUT2D eigenvalue weighted by Gasteiger charge is -2.02. The predicted molar refractivity (Wildman–Crippen MR) is 48.8 cm³/mol. The van der Waals surface area contributed by atoms with Crippen LogP contribution in [0.3, 0.4) is 0 Å². The van der Waals surface area contributed by atoms with Gasteiger partial charge in [0.25, 0.3) is 0 Å². The van der Waals surface area contributed by atoms with Crippen LogP contribution in [0.1, 0.15) is 5.56 Å². The second-order valence-corrected chi connectivity index (χ2v) is 3.47. The maximum atomic E-state index is 13.0. The van der Waals surface area contributed by atoms with E-state index in [-0.39, 0.29) is 11.3 Å². The lowest BCUT2D eigenvalue weighted by atomic mass is 10.2. The topological polar surface area (TPSA) is 52.9 Å². The van der Waals surface area contributed by atoms with E-state index in [9.17, 15) is 8.60 Å². The van der Waals surface area contributed by atoms with Crippen molar-refractivity contribution < 1.29 is 8.60 Å². The van der Waals surface area contributed by atoms with Gasteiger partial charge in [-0.25, -0.2) is 8.60 Å². The van der Waals surface area contributed by atoms with Crippen molar-refractivity contribution in [2.45, 2.75) is 0 Å². The number of rotatable bonds is 2. The molecule has 0 amide bonds. The van der Waals surface area contributed by atoms with E-state index < -0.39 is 16.8 Å². The van der Waals surface area contributed by atoms with Gasteiger partial charge in [-0.15, -0.1) is 0 Å². The number of hydrogen-bond acceptors (Lipinski definition) is 2. The van der Waals surface area contributed by atoms with Gasteiger partial charge in [-0.2, -0.15) is 5.26 Å². The highest BCUT2D eigenvalue weighted by Crippen LogP contribution is 2.15. The Kier molecular flexibility index (Phi) is 2.98. The molecule has 0 radical (unpaired) electrons. The third-order valence-corrected chi connectivity index (χ3v) is 1.86. The minimum atomic E-state index is -1.31. The monoisotopic (exact) mass is 198 g/mol. The zero-order chi connectivity index (χ0) is 9.84. The molecule has 0 saturated heterocycles. The largest absolute Gasteiger partial charge is 0.303 e. The molecule has 0 spiro atoms. The second kappa shape index (κ2) is 4.01. The maximum absolute atomic E-state index is 13.0. The number of hydrogen-bond donors (Lipinski definition) is 1. The van der Waals surface area contributed by atoms with Crippen LogP contribution in [0, 0.1) is 17.1 Å². The molecule has 0 aromatic heterocycles. The van der Waals surface area contributed by atoms with Gasteiger partial charge in [0, 0.05) is 6.26 Å². The van der Waals surface area contributed by atoms with Gasteiger partial charge in [-0.3, -0.25) is 0 Å². The predicted octanol–water partition coefficient (Wildman–Crippen LogP) is 1.40. The fourth-order valence-electron chi connectivity index (χ4n) is 0.822. The first-order valence-electron chi connectivity index (χ1n) is 3.43. The van der Waals surface area contributed by atoms with Crippen molar-refractivity contribution in [3.63, 3.8) is 0 Å². The Labute approximate surface area is 77.8 Å².